The van der Waals surface area contributed by atoms with Gasteiger partial charge >= 0.3 is 5.97 Å². The SMILES string of the molecule is CCCCN1CCN(C2c3ccccc3CCc3c(C(=O)O)cccc32)CC1. The van der Waals surface area contributed by atoms with Crippen molar-refractivity contribution in [3.63, 3.8) is 0 Å². The number of nitrogens with zero attached hydrogens (tertiary/aromatic N) is 2. The molecule has 0 spiro atoms. The lowest BCUT2D eigenvalue weighted by Crippen LogP contribution is -2.48. The Morgan fingerprint density at radius 1 is 1.00 bits per heavy atom. The fourth-order valence-corrected chi connectivity index (χ4v) is 4.82. The van der Waals surface area contributed by atoms with Crippen LogP contribution in [0.2, 0.25) is 0 Å². The molecule has 4 heteroatoms. The first-order chi connectivity index (χ1) is 13.7. The number of aryl methyl sites for hydroxylation is 1. The van der Waals surface area contributed by atoms with Gasteiger partial charge in [0.05, 0.1) is 11.6 Å². The Labute approximate surface area is 167 Å². The van der Waals surface area contributed by atoms with Crippen molar-refractivity contribution in [3.05, 3.63) is 70.3 Å². The summed E-state index contributed by atoms with van der Waals surface area (Å²) in [5.74, 6) is -0.814. The summed E-state index contributed by atoms with van der Waals surface area (Å²) in [6, 6.07) is 14.7. The van der Waals surface area contributed by atoms with Crippen molar-refractivity contribution in [3.8, 4) is 0 Å². The zero-order valence-electron chi connectivity index (χ0n) is 16.7. The monoisotopic (exact) mass is 378 g/mol. The van der Waals surface area contributed by atoms with Gasteiger partial charge in [0.2, 0.25) is 0 Å². The van der Waals surface area contributed by atoms with Crippen LogP contribution < -0.4 is 0 Å². The van der Waals surface area contributed by atoms with E-state index in [9.17, 15) is 9.90 Å². The number of fused-ring (bicyclic) bond motifs is 2. The molecular formula is C24H30N2O2. The molecular weight excluding hydrogens is 348 g/mol. The van der Waals surface area contributed by atoms with E-state index >= 15 is 0 Å². The maximum Gasteiger partial charge on any atom is 0.335 e. The molecule has 1 fully saturated rings. The fraction of sp³-hybridized carbons (Fsp3) is 0.458. The molecule has 2 aromatic carbocycles. The topological polar surface area (TPSA) is 43.8 Å². The van der Waals surface area contributed by atoms with Crippen LogP contribution in [0.25, 0.3) is 0 Å². The van der Waals surface area contributed by atoms with E-state index in [4.69, 9.17) is 0 Å². The standard InChI is InChI=1S/C24H30N2O2/c1-2-3-13-25-14-16-26(17-15-25)23-19-8-5-4-7-18(19)11-12-20-21(23)9-6-10-22(20)24(27)28/h4-10,23H,2-3,11-17H2,1H3,(H,27,28). The van der Waals surface area contributed by atoms with Crippen molar-refractivity contribution in [1.29, 1.82) is 0 Å². The van der Waals surface area contributed by atoms with E-state index in [0.29, 0.717) is 5.56 Å². The van der Waals surface area contributed by atoms with Crippen molar-refractivity contribution in [2.75, 3.05) is 32.7 Å². The summed E-state index contributed by atoms with van der Waals surface area (Å²) in [6.45, 7) is 7.67. The van der Waals surface area contributed by atoms with Crippen molar-refractivity contribution < 1.29 is 9.90 Å². The van der Waals surface area contributed by atoms with E-state index in [0.717, 1.165) is 44.6 Å². The van der Waals surface area contributed by atoms with Gasteiger partial charge in [0, 0.05) is 26.2 Å². The minimum atomic E-state index is -0.814. The third-order valence-electron chi connectivity index (χ3n) is 6.33. The highest BCUT2D eigenvalue weighted by Crippen LogP contribution is 2.38. The molecule has 4 rings (SSSR count). The average Bonchev–Trinajstić information content (AvgIpc) is 2.89. The molecule has 1 saturated heterocycles. The molecule has 0 amide bonds. The molecule has 1 atom stereocenters. The second kappa shape index (κ2) is 8.46. The smallest absolute Gasteiger partial charge is 0.335 e. The van der Waals surface area contributed by atoms with Crippen molar-refractivity contribution in [1.82, 2.24) is 9.80 Å². The summed E-state index contributed by atoms with van der Waals surface area (Å²) in [7, 11) is 0. The summed E-state index contributed by atoms with van der Waals surface area (Å²) < 4.78 is 0. The van der Waals surface area contributed by atoms with Crippen LogP contribution in [0.15, 0.2) is 42.5 Å². The number of rotatable bonds is 5. The Balaban J connectivity index is 1.70. The number of hydrogen-bond acceptors (Lipinski definition) is 3. The zero-order valence-corrected chi connectivity index (χ0v) is 16.7. The number of carboxylic acid groups (broad SMARTS) is 1. The highest BCUT2D eigenvalue weighted by Gasteiger charge is 2.32. The van der Waals surface area contributed by atoms with Gasteiger partial charge in [-0.3, -0.25) is 4.90 Å². The molecule has 2 aliphatic rings. The first kappa shape index (κ1) is 19.2. The molecule has 148 valence electrons. The summed E-state index contributed by atoms with van der Waals surface area (Å²) in [6.07, 6.45) is 4.20. The lowest BCUT2D eigenvalue weighted by Gasteiger charge is -2.40. The number of carbonyl (C=O) groups is 1. The minimum absolute atomic E-state index is 0.154. The number of carboxylic acids is 1. The molecule has 4 nitrogen and oxygen atoms in total. The van der Waals surface area contributed by atoms with Gasteiger partial charge in [0.25, 0.3) is 0 Å². The molecule has 28 heavy (non-hydrogen) atoms. The molecule has 1 heterocycles. The Morgan fingerprint density at radius 2 is 1.75 bits per heavy atom. The number of piperazine rings is 1. The van der Waals surface area contributed by atoms with Crippen LogP contribution in [0, 0.1) is 0 Å². The largest absolute Gasteiger partial charge is 0.478 e. The Morgan fingerprint density at radius 3 is 2.50 bits per heavy atom. The van der Waals surface area contributed by atoms with E-state index in [1.165, 1.54) is 36.1 Å². The van der Waals surface area contributed by atoms with E-state index in [1.807, 2.05) is 6.07 Å². The van der Waals surface area contributed by atoms with Crippen LogP contribution in [-0.2, 0) is 12.8 Å². The Hall–Kier alpha value is -2.17. The summed E-state index contributed by atoms with van der Waals surface area (Å²) in [5.41, 5.74) is 5.38. The molecule has 1 unspecified atom stereocenters. The molecule has 0 saturated carbocycles. The van der Waals surface area contributed by atoms with Crippen LogP contribution in [0.1, 0.15) is 58.4 Å². The van der Waals surface area contributed by atoms with Gasteiger partial charge in [0.1, 0.15) is 0 Å². The minimum Gasteiger partial charge on any atom is -0.478 e. The van der Waals surface area contributed by atoms with Gasteiger partial charge < -0.3 is 10.0 Å². The molecule has 2 aromatic rings. The molecule has 0 radical (unpaired) electrons. The molecule has 0 aromatic heterocycles. The van der Waals surface area contributed by atoms with E-state index in [1.54, 1.807) is 6.07 Å². The Kier molecular flexibility index (Phi) is 5.79. The van der Waals surface area contributed by atoms with E-state index < -0.39 is 5.97 Å². The summed E-state index contributed by atoms with van der Waals surface area (Å²) >= 11 is 0. The normalized spacial score (nSPS) is 20.2. The highest BCUT2D eigenvalue weighted by atomic mass is 16.4. The van der Waals surface area contributed by atoms with Gasteiger partial charge in [-0.25, -0.2) is 4.79 Å². The third kappa shape index (κ3) is 3.71. The van der Waals surface area contributed by atoms with Crippen LogP contribution >= 0.6 is 0 Å². The molecule has 1 aliphatic heterocycles. The first-order valence-electron chi connectivity index (χ1n) is 10.6. The van der Waals surface area contributed by atoms with Crippen LogP contribution in [0.5, 0.6) is 0 Å². The van der Waals surface area contributed by atoms with Gasteiger partial charge in [0.15, 0.2) is 0 Å². The van der Waals surface area contributed by atoms with E-state index in [2.05, 4.69) is 47.1 Å². The van der Waals surface area contributed by atoms with Gasteiger partial charge in [-0.2, -0.15) is 0 Å². The number of benzene rings is 2. The second-order valence-corrected chi connectivity index (χ2v) is 8.01. The number of aromatic carboxylic acids is 1. The Bertz CT molecular complexity index is 840. The first-order valence-corrected chi connectivity index (χ1v) is 10.6. The third-order valence-corrected chi connectivity index (χ3v) is 6.33. The number of hydrogen-bond donors (Lipinski definition) is 1. The lowest BCUT2D eigenvalue weighted by atomic mass is 9.90. The number of unbranched alkanes of at least 4 members (excludes halogenated alkanes) is 1. The maximum absolute atomic E-state index is 11.9. The van der Waals surface area contributed by atoms with Crippen LogP contribution in [0.3, 0.4) is 0 Å². The van der Waals surface area contributed by atoms with Crippen molar-refractivity contribution in [2.24, 2.45) is 0 Å². The van der Waals surface area contributed by atoms with Crippen molar-refractivity contribution in [2.45, 2.75) is 38.6 Å². The zero-order chi connectivity index (χ0) is 19.5. The van der Waals surface area contributed by atoms with Crippen molar-refractivity contribution >= 4 is 5.97 Å². The maximum atomic E-state index is 11.9. The summed E-state index contributed by atoms with van der Waals surface area (Å²) in [4.78, 5) is 17.0. The van der Waals surface area contributed by atoms with Crippen LogP contribution in [0.4, 0.5) is 0 Å². The fourth-order valence-electron chi connectivity index (χ4n) is 4.82. The van der Waals surface area contributed by atoms with E-state index in [-0.39, 0.29) is 6.04 Å². The second-order valence-electron chi connectivity index (χ2n) is 8.01. The molecule has 1 N–H and O–H groups in total. The van der Waals surface area contributed by atoms with Crippen LogP contribution in [-0.4, -0.2) is 53.6 Å². The highest BCUT2D eigenvalue weighted by molar-refractivity contribution is 5.90. The van der Waals surface area contributed by atoms with Gasteiger partial charge in [-0.15, -0.1) is 0 Å². The van der Waals surface area contributed by atoms with Gasteiger partial charge in [-0.1, -0.05) is 49.7 Å². The lowest BCUT2D eigenvalue weighted by molar-refractivity contribution is 0.0695. The van der Waals surface area contributed by atoms with Gasteiger partial charge in [-0.05, 0) is 54.1 Å². The molecule has 0 bridgehead atoms. The predicted octanol–water partition coefficient (Wildman–Crippen LogP) is 3.99. The summed E-state index contributed by atoms with van der Waals surface area (Å²) in [5, 5.41) is 9.74. The quantitative estimate of drug-likeness (QED) is 0.854. The average molecular weight is 379 g/mol. The molecule has 1 aliphatic carbocycles. The predicted molar refractivity (Wildman–Crippen MR) is 112 cm³/mol.